The van der Waals surface area contributed by atoms with Crippen LogP contribution in [0.5, 0.6) is 11.5 Å². The fourth-order valence-corrected chi connectivity index (χ4v) is 2.60. The molecule has 4 nitrogen and oxygen atoms in total. The number of nitrogens with one attached hydrogen (secondary N) is 1. The van der Waals surface area contributed by atoms with Crippen LogP contribution in [0.2, 0.25) is 0 Å². The Morgan fingerprint density at radius 2 is 1.96 bits per heavy atom. The molecule has 0 heterocycles. The van der Waals surface area contributed by atoms with E-state index in [1.807, 2.05) is 63.2 Å². The van der Waals surface area contributed by atoms with Crippen LogP contribution in [0.4, 0.5) is 0 Å². The maximum atomic E-state index is 12.3. The van der Waals surface area contributed by atoms with Crippen molar-refractivity contribution in [3.05, 3.63) is 65.2 Å². The molecule has 1 atom stereocenters. The SMILES string of the molecule is CCOc1ccccc1/C=C/C(=O)N[C@H](C)c1cc(C)ccc1OC. The number of hydrogen-bond donors (Lipinski definition) is 1. The molecular formula is C21H25NO3. The van der Waals surface area contributed by atoms with Crippen LogP contribution in [-0.4, -0.2) is 19.6 Å². The lowest BCUT2D eigenvalue weighted by atomic mass is 10.0. The highest BCUT2D eigenvalue weighted by Crippen LogP contribution is 2.26. The second kappa shape index (κ2) is 8.92. The first-order valence-corrected chi connectivity index (χ1v) is 8.40. The molecule has 0 saturated carbocycles. The van der Waals surface area contributed by atoms with Gasteiger partial charge in [-0.25, -0.2) is 0 Å². The molecule has 0 aliphatic rings. The molecule has 0 spiro atoms. The Morgan fingerprint density at radius 1 is 1.20 bits per heavy atom. The third-order valence-electron chi connectivity index (χ3n) is 3.84. The highest BCUT2D eigenvalue weighted by molar-refractivity contribution is 5.92. The minimum atomic E-state index is -0.164. The number of amides is 1. The number of carbonyl (C=O) groups excluding carboxylic acids is 1. The van der Waals surface area contributed by atoms with E-state index in [-0.39, 0.29) is 11.9 Å². The minimum Gasteiger partial charge on any atom is -0.496 e. The van der Waals surface area contributed by atoms with Crippen molar-refractivity contribution in [1.82, 2.24) is 5.32 Å². The van der Waals surface area contributed by atoms with Gasteiger partial charge in [0.1, 0.15) is 11.5 Å². The summed E-state index contributed by atoms with van der Waals surface area (Å²) >= 11 is 0. The van der Waals surface area contributed by atoms with Gasteiger partial charge in [0.05, 0.1) is 19.8 Å². The molecule has 132 valence electrons. The smallest absolute Gasteiger partial charge is 0.244 e. The zero-order valence-electron chi connectivity index (χ0n) is 15.2. The Kier molecular flexibility index (Phi) is 6.63. The van der Waals surface area contributed by atoms with Gasteiger partial charge in [0, 0.05) is 17.2 Å². The van der Waals surface area contributed by atoms with Crippen LogP contribution in [0.3, 0.4) is 0 Å². The Hall–Kier alpha value is -2.75. The molecule has 0 aliphatic heterocycles. The molecule has 0 unspecified atom stereocenters. The zero-order valence-corrected chi connectivity index (χ0v) is 15.2. The fourth-order valence-electron chi connectivity index (χ4n) is 2.60. The highest BCUT2D eigenvalue weighted by atomic mass is 16.5. The van der Waals surface area contributed by atoms with E-state index in [4.69, 9.17) is 9.47 Å². The Balaban J connectivity index is 2.09. The van der Waals surface area contributed by atoms with Gasteiger partial charge >= 0.3 is 0 Å². The first-order valence-electron chi connectivity index (χ1n) is 8.40. The molecule has 2 aromatic carbocycles. The second-order valence-corrected chi connectivity index (χ2v) is 5.78. The molecule has 4 heteroatoms. The van der Waals surface area contributed by atoms with Gasteiger partial charge in [-0.2, -0.15) is 0 Å². The van der Waals surface area contributed by atoms with E-state index in [0.29, 0.717) is 6.61 Å². The maximum Gasteiger partial charge on any atom is 0.244 e. The predicted molar refractivity (Wildman–Crippen MR) is 101 cm³/mol. The number of aryl methyl sites for hydroxylation is 1. The first kappa shape index (κ1) is 18.6. The van der Waals surface area contributed by atoms with Gasteiger partial charge in [-0.1, -0.05) is 35.9 Å². The number of carbonyl (C=O) groups is 1. The van der Waals surface area contributed by atoms with Crippen molar-refractivity contribution in [2.45, 2.75) is 26.8 Å². The van der Waals surface area contributed by atoms with Gasteiger partial charge < -0.3 is 14.8 Å². The average Bonchev–Trinajstić information content (AvgIpc) is 2.61. The van der Waals surface area contributed by atoms with Gasteiger partial charge in [0.25, 0.3) is 0 Å². The van der Waals surface area contributed by atoms with E-state index in [1.165, 1.54) is 6.08 Å². The molecule has 2 rings (SSSR count). The molecule has 0 radical (unpaired) electrons. The zero-order chi connectivity index (χ0) is 18.2. The number of para-hydroxylation sites is 1. The van der Waals surface area contributed by atoms with Crippen molar-refractivity contribution >= 4 is 12.0 Å². The summed E-state index contributed by atoms with van der Waals surface area (Å²) in [4.78, 5) is 12.3. The number of methoxy groups -OCH3 is 1. The molecule has 0 aliphatic carbocycles. The molecule has 25 heavy (non-hydrogen) atoms. The third-order valence-corrected chi connectivity index (χ3v) is 3.84. The molecule has 0 saturated heterocycles. The Labute approximate surface area is 149 Å². The Morgan fingerprint density at radius 3 is 2.68 bits per heavy atom. The summed E-state index contributed by atoms with van der Waals surface area (Å²) in [6, 6.07) is 13.4. The number of rotatable bonds is 7. The summed E-state index contributed by atoms with van der Waals surface area (Å²) in [5.41, 5.74) is 2.96. The van der Waals surface area contributed by atoms with Gasteiger partial charge in [0.2, 0.25) is 5.91 Å². The van der Waals surface area contributed by atoms with Crippen LogP contribution >= 0.6 is 0 Å². The molecule has 1 amide bonds. The first-order chi connectivity index (χ1) is 12.0. The normalized spacial score (nSPS) is 12.0. The summed E-state index contributed by atoms with van der Waals surface area (Å²) in [5, 5.41) is 2.97. The van der Waals surface area contributed by atoms with Gasteiger partial charge in [-0.05, 0) is 39.0 Å². The molecule has 0 aromatic heterocycles. The summed E-state index contributed by atoms with van der Waals surface area (Å²) in [7, 11) is 1.63. The van der Waals surface area contributed by atoms with E-state index < -0.39 is 0 Å². The largest absolute Gasteiger partial charge is 0.496 e. The standard InChI is InChI=1S/C21H25NO3/c1-5-25-19-9-7-6-8-17(19)11-13-21(23)22-16(3)18-14-15(2)10-12-20(18)24-4/h6-14,16H,5H2,1-4H3,(H,22,23)/b13-11+/t16-/m1/s1. The predicted octanol–water partition coefficient (Wildman–Crippen LogP) is 4.29. The van der Waals surface area contributed by atoms with Crippen molar-refractivity contribution < 1.29 is 14.3 Å². The van der Waals surface area contributed by atoms with E-state index >= 15 is 0 Å². The summed E-state index contributed by atoms with van der Waals surface area (Å²) in [6.07, 6.45) is 3.29. The summed E-state index contributed by atoms with van der Waals surface area (Å²) < 4.78 is 11.0. The van der Waals surface area contributed by atoms with E-state index in [2.05, 4.69) is 5.32 Å². The van der Waals surface area contributed by atoms with Crippen molar-refractivity contribution in [1.29, 1.82) is 0 Å². The fraction of sp³-hybridized carbons (Fsp3) is 0.286. The topological polar surface area (TPSA) is 47.6 Å². The summed E-state index contributed by atoms with van der Waals surface area (Å²) in [5.74, 6) is 1.37. The van der Waals surface area contributed by atoms with Crippen LogP contribution in [0, 0.1) is 6.92 Å². The van der Waals surface area contributed by atoms with Crippen molar-refractivity contribution in [3.63, 3.8) is 0 Å². The van der Waals surface area contributed by atoms with Crippen LogP contribution in [0.25, 0.3) is 6.08 Å². The number of hydrogen-bond acceptors (Lipinski definition) is 3. The molecule has 2 aromatic rings. The third kappa shape index (κ3) is 5.11. The van der Waals surface area contributed by atoms with Gasteiger partial charge in [-0.15, -0.1) is 0 Å². The Bertz CT molecular complexity index is 753. The van der Waals surface area contributed by atoms with Gasteiger partial charge in [-0.3, -0.25) is 4.79 Å². The lowest BCUT2D eigenvalue weighted by Crippen LogP contribution is -2.25. The van der Waals surface area contributed by atoms with Gasteiger partial charge in [0.15, 0.2) is 0 Å². The van der Waals surface area contributed by atoms with E-state index in [0.717, 1.165) is 28.2 Å². The van der Waals surface area contributed by atoms with Crippen LogP contribution in [-0.2, 0) is 4.79 Å². The van der Waals surface area contributed by atoms with Crippen molar-refractivity contribution in [3.8, 4) is 11.5 Å². The molecule has 0 bridgehead atoms. The minimum absolute atomic E-state index is 0.158. The number of benzene rings is 2. The van der Waals surface area contributed by atoms with Crippen LogP contribution in [0.15, 0.2) is 48.5 Å². The maximum absolute atomic E-state index is 12.3. The quantitative estimate of drug-likeness (QED) is 0.765. The van der Waals surface area contributed by atoms with E-state index in [1.54, 1.807) is 13.2 Å². The molecular weight excluding hydrogens is 314 g/mol. The van der Waals surface area contributed by atoms with Crippen LogP contribution < -0.4 is 14.8 Å². The van der Waals surface area contributed by atoms with E-state index in [9.17, 15) is 4.79 Å². The highest BCUT2D eigenvalue weighted by Gasteiger charge is 2.13. The molecule has 1 N–H and O–H groups in total. The van der Waals surface area contributed by atoms with Crippen LogP contribution in [0.1, 0.15) is 36.6 Å². The lowest BCUT2D eigenvalue weighted by molar-refractivity contribution is -0.117. The lowest BCUT2D eigenvalue weighted by Gasteiger charge is -2.17. The number of ether oxygens (including phenoxy) is 2. The summed E-state index contributed by atoms with van der Waals surface area (Å²) in [6.45, 7) is 6.48. The second-order valence-electron chi connectivity index (χ2n) is 5.78. The van der Waals surface area contributed by atoms with Crippen molar-refractivity contribution in [2.24, 2.45) is 0 Å². The monoisotopic (exact) mass is 339 g/mol. The van der Waals surface area contributed by atoms with Crippen molar-refractivity contribution in [2.75, 3.05) is 13.7 Å². The average molecular weight is 339 g/mol. The molecule has 0 fully saturated rings.